The summed E-state index contributed by atoms with van der Waals surface area (Å²) in [5.74, 6) is -1.45. The number of anilines is 1. The number of carboxylic acid groups (broad SMARTS) is 1. The monoisotopic (exact) mass is 466 g/mol. The molecule has 2 heterocycles. The second kappa shape index (κ2) is 7.79. The summed E-state index contributed by atoms with van der Waals surface area (Å²) < 4.78 is 67.4. The highest BCUT2D eigenvalue weighted by Gasteiger charge is 2.24. The third kappa shape index (κ3) is 3.96. The maximum Gasteiger partial charge on any atom is 0.387 e. The first kappa shape index (κ1) is 21.6. The largest absolute Gasteiger partial charge is 0.476 e. The molecule has 0 aliphatic carbocycles. The van der Waals surface area contributed by atoms with Crippen LogP contribution in [0.5, 0.6) is 5.75 Å². The summed E-state index contributed by atoms with van der Waals surface area (Å²) in [6, 6.07) is 7.00. The number of oxazole rings is 1. The van der Waals surface area contributed by atoms with Crippen LogP contribution in [0.1, 0.15) is 23.2 Å². The van der Waals surface area contributed by atoms with E-state index in [1.54, 1.807) is 6.92 Å². The van der Waals surface area contributed by atoms with Crippen LogP contribution in [0.25, 0.3) is 33.4 Å². The summed E-state index contributed by atoms with van der Waals surface area (Å²) in [5, 5.41) is 9.98. The van der Waals surface area contributed by atoms with Crippen LogP contribution in [0, 0.1) is 0 Å². The zero-order chi connectivity index (χ0) is 23.2. The Morgan fingerprint density at radius 2 is 2.00 bits per heavy atom. The van der Waals surface area contributed by atoms with Gasteiger partial charge in [0.05, 0.1) is 6.26 Å². The van der Waals surface area contributed by atoms with Gasteiger partial charge < -0.3 is 18.7 Å². The van der Waals surface area contributed by atoms with Gasteiger partial charge in [0.1, 0.15) is 11.3 Å². The average Bonchev–Trinajstić information content (AvgIpc) is 3.29. The van der Waals surface area contributed by atoms with Crippen LogP contribution in [0.2, 0.25) is 0 Å². The number of carbonyl (C=O) groups is 1. The molecular weight excluding hydrogens is 450 g/mol. The third-order valence-corrected chi connectivity index (χ3v) is 5.16. The smallest absolute Gasteiger partial charge is 0.387 e. The van der Waals surface area contributed by atoms with Crippen molar-refractivity contribution in [3.63, 3.8) is 0 Å². The predicted molar refractivity (Wildman–Crippen MR) is 111 cm³/mol. The molecule has 2 aromatic heterocycles. The summed E-state index contributed by atoms with van der Waals surface area (Å²) in [4.78, 5) is 15.5. The molecule has 12 heteroatoms. The quantitative estimate of drug-likeness (QED) is 0.408. The molecule has 32 heavy (non-hydrogen) atoms. The molecule has 168 valence electrons. The first-order valence-electron chi connectivity index (χ1n) is 9.22. The molecule has 0 spiro atoms. The number of alkyl halides is 2. The number of benzene rings is 2. The van der Waals surface area contributed by atoms with Gasteiger partial charge in [-0.3, -0.25) is 4.72 Å². The fourth-order valence-electron chi connectivity index (χ4n) is 3.37. The Labute approximate surface area is 179 Å². The highest BCUT2D eigenvalue weighted by molar-refractivity contribution is 7.92. The number of rotatable bonds is 7. The first-order valence-corrected chi connectivity index (χ1v) is 11.1. The maximum absolute atomic E-state index is 12.9. The second-order valence-electron chi connectivity index (χ2n) is 6.83. The molecule has 4 rings (SSSR count). The van der Waals surface area contributed by atoms with Crippen molar-refractivity contribution in [1.29, 1.82) is 0 Å². The van der Waals surface area contributed by atoms with Crippen molar-refractivity contribution >= 4 is 43.6 Å². The number of sulfonamides is 1. The van der Waals surface area contributed by atoms with E-state index in [1.165, 1.54) is 30.3 Å². The van der Waals surface area contributed by atoms with E-state index in [1.807, 2.05) is 0 Å². The number of aromatic carboxylic acids is 1. The van der Waals surface area contributed by atoms with Crippen LogP contribution in [0.3, 0.4) is 0 Å². The lowest BCUT2D eigenvalue weighted by molar-refractivity contribution is -0.0493. The Balaban J connectivity index is 2.03. The summed E-state index contributed by atoms with van der Waals surface area (Å²) in [6.07, 6.45) is 1.25. The molecule has 0 aliphatic rings. The lowest BCUT2D eigenvalue weighted by atomic mass is 10.1. The number of fused-ring (bicyclic) bond motifs is 3. The highest BCUT2D eigenvalue weighted by atomic mass is 32.2. The molecule has 0 saturated heterocycles. The minimum atomic E-state index is -3.58. The Hall–Kier alpha value is -3.67. The fourth-order valence-corrected chi connectivity index (χ4v) is 3.93. The van der Waals surface area contributed by atoms with Crippen LogP contribution >= 0.6 is 0 Å². The van der Waals surface area contributed by atoms with E-state index < -0.39 is 22.6 Å². The van der Waals surface area contributed by atoms with Crippen molar-refractivity contribution < 1.29 is 40.7 Å². The number of nitrogens with zero attached hydrogens (tertiary/aromatic N) is 1. The van der Waals surface area contributed by atoms with Crippen molar-refractivity contribution in [2.24, 2.45) is 0 Å². The summed E-state index contributed by atoms with van der Waals surface area (Å²) in [5.41, 5.74) is 0.408. The molecule has 2 N–H and O–H groups in total. The predicted octanol–water partition coefficient (Wildman–Crippen LogP) is 4.47. The number of hydrogen-bond acceptors (Lipinski definition) is 7. The van der Waals surface area contributed by atoms with Crippen molar-refractivity contribution in [2.75, 3.05) is 11.0 Å². The lowest BCUT2D eigenvalue weighted by Crippen LogP contribution is -2.09. The maximum atomic E-state index is 12.9. The van der Waals surface area contributed by atoms with E-state index in [2.05, 4.69) is 14.4 Å². The average molecular weight is 466 g/mol. The van der Waals surface area contributed by atoms with Crippen molar-refractivity contribution in [1.82, 2.24) is 4.98 Å². The van der Waals surface area contributed by atoms with Crippen molar-refractivity contribution in [3.05, 3.63) is 41.8 Å². The summed E-state index contributed by atoms with van der Waals surface area (Å²) >= 11 is 0. The van der Waals surface area contributed by atoms with E-state index in [4.69, 9.17) is 8.83 Å². The molecule has 0 bridgehead atoms. The number of aryl methyl sites for hydroxylation is 1. The van der Waals surface area contributed by atoms with Gasteiger partial charge in [0.25, 0.3) is 0 Å². The molecule has 0 radical (unpaired) electrons. The Kier molecular flexibility index (Phi) is 5.25. The van der Waals surface area contributed by atoms with Crippen LogP contribution in [-0.4, -0.2) is 37.3 Å². The third-order valence-electron chi connectivity index (χ3n) is 4.55. The topological polar surface area (TPSA) is 132 Å². The molecule has 4 aromatic rings. The Morgan fingerprint density at radius 3 is 2.59 bits per heavy atom. The van der Waals surface area contributed by atoms with E-state index in [0.717, 1.165) is 6.26 Å². The van der Waals surface area contributed by atoms with Crippen LogP contribution in [-0.2, 0) is 16.4 Å². The van der Waals surface area contributed by atoms with Gasteiger partial charge in [-0.15, -0.1) is 0 Å². The minimum absolute atomic E-state index is 0.0533. The molecule has 0 atom stereocenters. The molecule has 0 unspecified atom stereocenters. The van der Waals surface area contributed by atoms with Gasteiger partial charge in [0.2, 0.25) is 15.9 Å². The number of halogens is 2. The Morgan fingerprint density at radius 1 is 1.25 bits per heavy atom. The van der Waals surface area contributed by atoms with Gasteiger partial charge in [-0.25, -0.2) is 18.2 Å². The van der Waals surface area contributed by atoms with Gasteiger partial charge in [0, 0.05) is 28.4 Å². The van der Waals surface area contributed by atoms with Crippen molar-refractivity contribution in [2.45, 2.75) is 20.0 Å². The van der Waals surface area contributed by atoms with Crippen LogP contribution < -0.4 is 9.46 Å². The van der Waals surface area contributed by atoms with Crippen LogP contribution in [0.15, 0.2) is 39.2 Å². The number of furan rings is 1. The zero-order valence-corrected chi connectivity index (χ0v) is 17.5. The highest BCUT2D eigenvalue weighted by Crippen LogP contribution is 2.42. The number of aromatic nitrogens is 1. The SMILES string of the molecule is CCc1oc(-c2ccc(OC(F)F)c3oc4ccc(NS(C)(=O)=O)cc4c23)nc1C(=O)O. The summed E-state index contributed by atoms with van der Waals surface area (Å²) in [6.45, 7) is -1.42. The van der Waals surface area contributed by atoms with E-state index in [9.17, 15) is 27.1 Å². The number of hydrogen-bond donors (Lipinski definition) is 2. The molecule has 0 amide bonds. The van der Waals surface area contributed by atoms with E-state index in [-0.39, 0.29) is 57.3 Å². The zero-order valence-electron chi connectivity index (χ0n) is 16.7. The van der Waals surface area contributed by atoms with E-state index in [0.29, 0.717) is 5.39 Å². The molecule has 0 saturated carbocycles. The standard InChI is InChI=1S/C20H16F2N2O7S/c1-3-12-16(19(25)26)23-18(30-12)10-5-7-14(31-20(21)22)17-15(10)11-8-9(24-32(2,27)28)4-6-13(11)29-17/h4-8,20,24H,3H2,1-2H3,(H,25,26). The minimum Gasteiger partial charge on any atom is -0.476 e. The fraction of sp³-hybridized carbons (Fsp3) is 0.200. The lowest BCUT2D eigenvalue weighted by Gasteiger charge is -2.07. The van der Waals surface area contributed by atoms with E-state index >= 15 is 0 Å². The van der Waals surface area contributed by atoms with Gasteiger partial charge in [-0.2, -0.15) is 8.78 Å². The second-order valence-corrected chi connectivity index (χ2v) is 8.58. The molecule has 0 fully saturated rings. The number of carboxylic acids is 1. The van der Waals surface area contributed by atoms with Crippen molar-refractivity contribution in [3.8, 4) is 17.2 Å². The molecule has 9 nitrogen and oxygen atoms in total. The van der Waals surface area contributed by atoms with Gasteiger partial charge in [-0.1, -0.05) is 6.92 Å². The molecular formula is C20H16F2N2O7S. The van der Waals surface area contributed by atoms with Gasteiger partial charge >= 0.3 is 12.6 Å². The summed E-state index contributed by atoms with van der Waals surface area (Å²) in [7, 11) is -3.58. The van der Waals surface area contributed by atoms with Crippen LogP contribution in [0.4, 0.5) is 14.5 Å². The Bertz CT molecular complexity index is 1460. The first-order chi connectivity index (χ1) is 15.1. The van der Waals surface area contributed by atoms with Gasteiger partial charge in [-0.05, 0) is 30.3 Å². The molecule has 2 aromatic carbocycles. The number of ether oxygens (including phenoxy) is 1. The van der Waals surface area contributed by atoms with Gasteiger partial charge in [0.15, 0.2) is 17.0 Å². The normalized spacial score (nSPS) is 12.0. The number of nitrogens with one attached hydrogen (secondary N) is 1. The molecule has 0 aliphatic heterocycles.